The van der Waals surface area contributed by atoms with Gasteiger partial charge in [-0.15, -0.1) is 0 Å². The van der Waals surface area contributed by atoms with Crippen molar-refractivity contribution in [3.05, 3.63) is 56.0 Å². The molecule has 0 atom stereocenters. The van der Waals surface area contributed by atoms with Crippen LogP contribution in [0.2, 0.25) is 5.02 Å². The lowest BCUT2D eigenvalue weighted by Crippen LogP contribution is -2.45. The van der Waals surface area contributed by atoms with Gasteiger partial charge in [0, 0.05) is 56.9 Å². The first-order chi connectivity index (χ1) is 14.3. The molecule has 1 aliphatic heterocycles. The first kappa shape index (κ1) is 20.5. The van der Waals surface area contributed by atoms with Crippen LogP contribution in [0, 0.1) is 0 Å². The van der Waals surface area contributed by atoms with Crippen molar-refractivity contribution in [2.24, 2.45) is 7.05 Å². The van der Waals surface area contributed by atoms with Crippen LogP contribution in [0.5, 0.6) is 0 Å². The van der Waals surface area contributed by atoms with Crippen LogP contribution in [0.4, 0.5) is 5.95 Å². The zero-order chi connectivity index (χ0) is 21.4. The molecule has 0 bridgehead atoms. The van der Waals surface area contributed by atoms with E-state index in [1.807, 2.05) is 26.5 Å². The molecule has 0 spiro atoms. The normalized spacial score (nSPS) is 15.3. The van der Waals surface area contributed by atoms with Crippen molar-refractivity contribution in [1.82, 2.24) is 29.0 Å². The molecule has 9 nitrogen and oxygen atoms in total. The van der Waals surface area contributed by atoms with Crippen LogP contribution < -0.4 is 16.0 Å². The molecule has 158 valence electrons. The Hall–Kier alpha value is -2.78. The molecule has 1 aliphatic rings. The molecule has 30 heavy (non-hydrogen) atoms. The second-order valence-corrected chi connectivity index (χ2v) is 8.32. The summed E-state index contributed by atoms with van der Waals surface area (Å²) in [6.45, 7) is 2.17. The lowest BCUT2D eigenvalue weighted by molar-refractivity contribution is 0.388. The lowest BCUT2D eigenvalue weighted by Gasteiger charge is -2.33. The van der Waals surface area contributed by atoms with E-state index in [1.165, 1.54) is 15.3 Å². The molecule has 0 unspecified atom stereocenters. The highest BCUT2D eigenvalue weighted by Gasteiger charge is 2.26. The summed E-state index contributed by atoms with van der Waals surface area (Å²) in [5, 5.41) is 0.424. The van der Waals surface area contributed by atoms with Gasteiger partial charge in [0.2, 0.25) is 5.95 Å². The highest BCUT2D eigenvalue weighted by Crippen LogP contribution is 2.26. The van der Waals surface area contributed by atoms with Crippen LogP contribution >= 0.6 is 11.6 Å². The summed E-state index contributed by atoms with van der Waals surface area (Å²) in [5.74, 6) is 0.682. The molecule has 0 aromatic carbocycles. The number of fused-ring (bicyclic) bond motifs is 1. The average molecular weight is 430 g/mol. The van der Waals surface area contributed by atoms with E-state index in [9.17, 15) is 9.59 Å². The summed E-state index contributed by atoms with van der Waals surface area (Å²) in [5.41, 5.74) is 0.960. The van der Waals surface area contributed by atoms with Crippen LogP contribution in [-0.4, -0.2) is 56.2 Å². The van der Waals surface area contributed by atoms with Gasteiger partial charge in [0.15, 0.2) is 5.65 Å². The maximum Gasteiger partial charge on any atom is 0.318 e. The monoisotopic (exact) mass is 429 g/mol. The smallest absolute Gasteiger partial charge is 0.318 e. The minimum absolute atomic E-state index is 0.119. The fraction of sp³-hybridized carbons (Fsp3) is 0.450. The predicted octanol–water partition coefficient (Wildman–Crippen LogP) is 1.44. The molecule has 0 amide bonds. The predicted molar refractivity (Wildman–Crippen MR) is 116 cm³/mol. The molecular weight excluding hydrogens is 406 g/mol. The number of pyridine rings is 1. The Balaban J connectivity index is 1.58. The van der Waals surface area contributed by atoms with Crippen LogP contribution in [0.1, 0.15) is 24.4 Å². The summed E-state index contributed by atoms with van der Waals surface area (Å²) in [7, 11) is 5.57. The SMILES string of the molecule is CN(C)Cc1cnc(N2CCC(n3c(=O)c(=O)n(C)c4cc(Cl)cnc43)CC2)nc1. The largest absolute Gasteiger partial charge is 0.341 e. The van der Waals surface area contributed by atoms with Crippen LogP contribution in [0.15, 0.2) is 34.2 Å². The summed E-state index contributed by atoms with van der Waals surface area (Å²) >= 11 is 6.06. The molecular formula is C20H24ClN7O2. The Labute approximate surface area is 178 Å². The van der Waals surface area contributed by atoms with Gasteiger partial charge in [0.1, 0.15) is 0 Å². The molecule has 4 heterocycles. The Bertz CT molecular complexity index is 1180. The number of rotatable bonds is 4. The molecule has 0 N–H and O–H groups in total. The third kappa shape index (κ3) is 3.82. The van der Waals surface area contributed by atoms with Gasteiger partial charge >= 0.3 is 11.1 Å². The quantitative estimate of drug-likeness (QED) is 0.580. The molecule has 1 fully saturated rings. The van der Waals surface area contributed by atoms with Crippen molar-refractivity contribution >= 4 is 28.7 Å². The topological polar surface area (TPSA) is 89.2 Å². The summed E-state index contributed by atoms with van der Waals surface area (Å²) in [6, 6.07) is 1.55. The first-order valence-electron chi connectivity index (χ1n) is 9.82. The van der Waals surface area contributed by atoms with E-state index < -0.39 is 11.1 Å². The van der Waals surface area contributed by atoms with Crippen molar-refractivity contribution in [2.75, 3.05) is 32.1 Å². The van der Waals surface area contributed by atoms with Gasteiger partial charge in [-0.3, -0.25) is 14.2 Å². The zero-order valence-corrected chi connectivity index (χ0v) is 18.0. The first-order valence-corrected chi connectivity index (χ1v) is 10.2. The van der Waals surface area contributed by atoms with Crippen molar-refractivity contribution in [1.29, 1.82) is 0 Å². The van der Waals surface area contributed by atoms with E-state index in [0.29, 0.717) is 48.1 Å². The average Bonchev–Trinajstić information content (AvgIpc) is 2.73. The van der Waals surface area contributed by atoms with E-state index >= 15 is 0 Å². The Morgan fingerprint density at radius 2 is 1.73 bits per heavy atom. The number of piperidine rings is 1. The summed E-state index contributed by atoms with van der Waals surface area (Å²) in [6.07, 6.45) is 6.58. The number of aryl methyl sites for hydroxylation is 1. The number of hydrogen-bond donors (Lipinski definition) is 0. The zero-order valence-electron chi connectivity index (χ0n) is 17.2. The van der Waals surface area contributed by atoms with Gasteiger partial charge < -0.3 is 14.4 Å². The molecule has 4 rings (SSSR count). The Morgan fingerprint density at radius 1 is 1.07 bits per heavy atom. The van der Waals surface area contributed by atoms with Gasteiger partial charge in [-0.2, -0.15) is 0 Å². The highest BCUT2D eigenvalue weighted by atomic mass is 35.5. The molecule has 0 aliphatic carbocycles. The van der Waals surface area contributed by atoms with E-state index in [0.717, 1.165) is 12.1 Å². The van der Waals surface area contributed by atoms with Crippen LogP contribution in [-0.2, 0) is 13.6 Å². The number of aromatic nitrogens is 5. The summed E-state index contributed by atoms with van der Waals surface area (Å²) in [4.78, 5) is 42.8. The second kappa shape index (κ2) is 8.16. The Morgan fingerprint density at radius 3 is 2.37 bits per heavy atom. The molecule has 0 saturated carbocycles. The molecule has 3 aromatic rings. The fourth-order valence-corrected chi connectivity index (χ4v) is 4.08. The fourth-order valence-electron chi connectivity index (χ4n) is 3.93. The number of hydrogen-bond acceptors (Lipinski definition) is 7. The van der Waals surface area contributed by atoms with Gasteiger partial charge in [-0.25, -0.2) is 15.0 Å². The van der Waals surface area contributed by atoms with Crippen molar-refractivity contribution < 1.29 is 0 Å². The number of nitrogens with zero attached hydrogens (tertiary/aromatic N) is 7. The minimum atomic E-state index is -0.575. The number of halogens is 1. The van der Waals surface area contributed by atoms with Crippen molar-refractivity contribution in [3.8, 4) is 0 Å². The third-order valence-corrected chi connectivity index (χ3v) is 5.62. The maximum absolute atomic E-state index is 12.8. The van der Waals surface area contributed by atoms with Crippen molar-refractivity contribution in [2.45, 2.75) is 25.4 Å². The van der Waals surface area contributed by atoms with Gasteiger partial charge in [0.25, 0.3) is 0 Å². The van der Waals surface area contributed by atoms with Gasteiger partial charge in [-0.1, -0.05) is 11.6 Å². The maximum atomic E-state index is 12.8. The summed E-state index contributed by atoms with van der Waals surface area (Å²) < 4.78 is 2.84. The molecule has 3 aromatic heterocycles. The van der Waals surface area contributed by atoms with Gasteiger partial charge in [-0.05, 0) is 33.0 Å². The van der Waals surface area contributed by atoms with Crippen molar-refractivity contribution in [3.63, 3.8) is 0 Å². The van der Waals surface area contributed by atoms with E-state index in [1.54, 1.807) is 13.1 Å². The van der Waals surface area contributed by atoms with Gasteiger partial charge in [0.05, 0.1) is 10.5 Å². The van der Waals surface area contributed by atoms with E-state index in [2.05, 4.69) is 24.8 Å². The van der Waals surface area contributed by atoms with Crippen LogP contribution in [0.3, 0.4) is 0 Å². The number of anilines is 1. The molecule has 10 heteroatoms. The lowest BCUT2D eigenvalue weighted by atomic mass is 10.0. The van der Waals surface area contributed by atoms with E-state index in [-0.39, 0.29) is 6.04 Å². The molecule has 0 radical (unpaired) electrons. The van der Waals surface area contributed by atoms with Crippen LogP contribution in [0.25, 0.3) is 11.2 Å². The third-order valence-electron chi connectivity index (χ3n) is 5.41. The minimum Gasteiger partial charge on any atom is -0.341 e. The molecule has 1 saturated heterocycles. The Kier molecular flexibility index (Phi) is 5.57. The standard InChI is InChI=1S/C20H24ClN7O2/c1-25(2)12-13-9-23-20(24-10-13)27-6-4-15(5-7-27)28-17-16(8-14(21)11-22-17)26(3)18(29)19(28)30/h8-11,15H,4-7,12H2,1-3H3. The second-order valence-electron chi connectivity index (χ2n) is 7.88. The highest BCUT2D eigenvalue weighted by molar-refractivity contribution is 6.31. The van der Waals surface area contributed by atoms with E-state index in [4.69, 9.17) is 11.6 Å².